The summed E-state index contributed by atoms with van der Waals surface area (Å²) in [4.78, 5) is 22.4. The van der Waals surface area contributed by atoms with Crippen LogP contribution in [0.4, 0.5) is 0 Å². The van der Waals surface area contributed by atoms with Gasteiger partial charge in [0.05, 0.1) is 26.4 Å². The number of hydrogen-bond donors (Lipinski definition) is 1. The molecule has 0 amide bonds. The molecule has 1 atom stereocenters. The van der Waals surface area contributed by atoms with E-state index in [9.17, 15) is 9.90 Å². The molecule has 1 aliphatic rings. The van der Waals surface area contributed by atoms with Crippen LogP contribution in [-0.4, -0.2) is 78.8 Å². The number of carbonyl (C=O) groups is 1. The Balaban J connectivity index is 1.95. The summed E-state index contributed by atoms with van der Waals surface area (Å²) in [6.07, 6.45) is 2.53. The van der Waals surface area contributed by atoms with Gasteiger partial charge in [-0.05, 0) is 20.3 Å². The number of amidine groups is 1. The Morgan fingerprint density at radius 1 is 1.26 bits per heavy atom. The van der Waals surface area contributed by atoms with Gasteiger partial charge in [0, 0.05) is 25.9 Å². The molecule has 1 aromatic rings. The van der Waals surface area contributed by atoms with Gasteiger partial charge in [-0.3, -0.25) is 9.79 Å². The number of rotatable bonds is 11. The number of carbonyl (C=O) groups excluding carboxylic acids is 1. The number of hydrogen-bond acceptors (Lipinski definition) is 8. The van der Waals surface area contributed by atoms with Crippen molar-refractivity contribution in [1.29, 1.82) is 0 Å². The number of likely N-dealkylation sites (N-methyl/N-ethyl adjacent to an activating group) is 1. The van der Waals surface area contributed by atoms with Crippen LogP contribution in [0, 0.1) is 0 Å². The number of nitrogens with zero attached hydrogens (tertiary/aromatic N) is 3. The lowest BCUT2D eigenvalue weighted by molar-refractivity contribution is -0.121. The Hall–Kier alpha value is -2.19. The van der Waals surface area contributed by atoms with Crippen LogP contribution in [0.1, 0.15) is 32.9 Å². The highest BCUT2D eigenvalue weighted by Gasteiger charge is 2.39. The topological polar surface area (TPSA) is 93.5 Å². The van der Waals surface area contributed by atoms with E-state index in [0.717, 1.165) is 13.0 Å². The van der Waals surface area contributed by atoms with Crippen LogP contribution in [-0.2, 0) is 14.3 Å². The normalized spacial score (nSPS) is 19.3. The molecule has 1 N–H and O–H groups in total. The molecule has 0 fully saturated rings. The summed E-state index contributed by atoms with van der Waals surface area (Å²) in [5.74, 6) is 0.650. The summed E-state index contributed by atoms with van der Waals surface area (Å²) in [5.41, 5.74) is -0.531. The van der Waals surface area contributed by atoms with Crippen molar-refractivity contribution in [1.82, 2.24) is 9.88 Å². The first-order valence-electron chi connectivity index (χ1n) is 9.17. The second kappa shape index (κ2) is 9.66. The Morgan fingerprint density at radius 3 is 2.56 bits per heavy atom. The zero-order valence-corrected chi connectivity index (χ0v) is 16.5. The zero-order valence-electron chi connectivity index (χ0n) is 16.5. The third-order valence-corrected chi connectivity index (χ3v) is 4.32. The Bertz CT molecular complexity index is 679. The monoisotopic (exact) mass is 379 g/mol. The molecule has 0 radical (unpaired) electrons. The third-order valence-electron chi connectivity index (χ3n) is 4.32. The van der Waals surface area contributed by atoms with Crippen molar-refractivity contribution in [2.24, 2.45) is 4.99 Å². The molecule has 0 unspecified atom stereocenters. The summed E-state index contributed by atoms with van der Waals surface area (Å²) in [5, 5.41) is 10.5. The van der Waals surface area contributed by atoms with Crippen LogP contribution >= 0.6 is 0 Å². The van der Waals surface area contributed by atoms with Gasteiger partial charge in [-0.15, -0.1) is 0 Å². The van der Waals surface area contributed by atoms with Gasteiger partial charge in [-0.1, -0.05) is 6.92 Å². The maximum Gasteiger partial charge on any atom is 0.187 e. The SMILES string of the molecule is CCCOCCOCCOc1ccnc(C2=N[C@@](C)(C(C)=O)CN2C)c1O. The fourth-order valence-electron chi connectivity index (χ4n) is 2.71. The van der Waals surface area contributed by atoms with Gasteiger partial charge < -0.3 is 24.2 Å². The predicted octanol–water partition coefficient (Wildman–Crippen LogP) is 1.65. The van der Waals surface area contributed by atoms with Crippen LogP contribution in [0.25, 0.3) is 0 Å². The maximum atomic E-state index is 11.9. The molecule has 8 heteroatoms. The molecular weight excluding hydrogens is 350 g/mol. The van der Waals surface area contributed by atoms with Gasteiger partial charge in [0.1, 0.15) is 12.1 Å². The molecule has 1 aliphatic heterocycles. The summed E-state index contributed by atoms with van der Waals surface area (Å²) < 4.78 is 16.4. The van der Waals surface area contributed by atoms with E-state index in [2.05, 4.69) is 16.9 Å². The molecule has 0 spiro atoms. The van der Waals surface area contributed by atoms with Crippen molar-refractivity contribution in [2.75, 3.05) is 46.6 Å². The molecular formula is C19H29N3O5. The summed E-state index contributed by atoms with van der Waals surface area (Å²) in [7, 11) is 1.82. The van der Waals surface area contributed by atoms with Crippen molar-refractivity contribution < 1.29 is 24.1 Å². The number of aromatic nitrogens is 1. The molecule has 150 valence electrons. The summed E-state index contributed by atoms with van der Waals surface area (Å²) in [6, 6.07) is 1.59. The van der Waals surface area contributed by atoms with E-state index in [1.54, 1.807) is 19.2 Å². The molecule has 1 aromatic heterocycles. The Kier molecular flexibility index (Phi) is 7.55. The van der Waals surface area contributed by atoms with Gasteiger partial charge in [-0.25, -0.2) is 4.98 Å². The van der Waals surface area contributed by atoms with E-state index < -0.39 is 5.54 Å². The van der Waals surface area contributed by atoms with Crippen LogP contribution in [0.2, 0.25) is 0 Å². The number of Topliss-reactive ketones (excluding diaryl/α,β-unsaturated/α-hetero) is 1. The fourth-order valence-corrected chi connectivity index (χ4v) is 2.71. The maximum absolute atomic E-state index is 11.9. The van der Waals surface area contributed by atoms with E-state index in [-0.39, 0.29) is 18.1 Å². The highest BCUT2D eigenvalue weighted by molar-refractivity contribution is 6.04. The standard InChI is InChI=1S/C19H29N3O5/c1-5-8-25-9-10-26-11-12-27-15-6-7-20-16(17(15)24)18-21-19(3,14(2)23)13-22(18)4/h6-7,24H,5,8-13H2,1-4H3/t19-/m1/s1. The number of ether oxygens (including phenoxy) is 3. The molecule has 0 saturated heterocycles. The second-order valence-electron chi connectivity index (χ2n) is 6.70. The summed E-state index contributed by atoms with van der Waals surface area (Å²) in [6.45, 7) is 8.25. The largest absolute Gasteiger partial charge is 0.503 e. The highest BCUT2D eigenvalue weighted by Crippen LogP contribution is 2.32. The third kappa shape index (κ3) is 5.40. The minimum absolute atomic E-state index is 0.0312. The Labute approximate surface area is 160 Å². The van der Waals surface area contributed by atoms with Gasteiger partial charge in [0.15, 0.2) is 28.8 Å². The molecule has 8 nitrogen and oxygen atoms in total. The zero-order chi connectivity index (χ0) is 19.9. The first-order valence-corrected chi connectivity index (χ1v) is 9.17. The molecule has 0 aliphatic carbocycles. The molecule has 2 heterocycles. The van der Waals surface area contributed by atoms with Crippen LogP contribution in [0.3, 0.4) is 0 Å². The van der Waals surface area contributed by atoms with E-state index in [4.69, 9.17) is 14.2 Å². The molecule has 27 heavy (non-hydrogen) atoms. The average Bonchev–Trinajstić information content (AvgIpc) is 2.94. The number of pyridine rings is 1. The highest BCUT2D eigenvalue weighted by atomic mass is 16.5. The molecule has 0 aromatic carbocycles. The molecule has 2 rings (SSSR count). The van der Waals surface area contributed by atoms with E-state index >= 15 is 0 Å². The van der Waals surface area contributed by atoms with E-state index in [1.807, 2.05) is 11.9 Å². The van der Waals surface area contributed by atoms with Gasteiger partial charge in [0.2, 0.25) is 0 Å². The van der Waals surface area contributed by atoms with Crippen LogP contribution in [0.5, 0.6) is 11.5 Å². The average molecular weight is 379 g/mol. The van der Waals surface area contributed by atoms with Gasteiger partial charge in [0.25, 0.3) is 0 Å². The first kappa shape index (κ1) is 21.1. The molecule has 0 bridgehead atoms. The number of aliphatic imine (C=N–C) groups is 1. The smallest absolute Gasteiger partial charge is 0.187 e. The predicted molar refractivity (Wildman–Crippen MR) is 102 cm³/mol. The Morgan fingerprint density at radius 2 is 1.93 bits per heavy atom. The second-order valence-corrected chi connectivity index (χ2v) is 6.70. The lowest BCUT2D eigenvalue weighted by Gasteiger charge is -2.19. The minimum Gasteiger partial charge on any atom is -0.503 e. The van der Waals surface area contributed by atoms with Gasteiger partial charge in [-0.2, -0.15) is 0 Å². The first-order chi connectivity index (χ1) is 12.9. The minimum atomic E-state index is -0.831. The van der Waals surface area contributed by atoms with E-state index in [1.165, 1.54) is 6.92 Å². The lowest BCUT2D eigenvalue weighted by Crippen LogP contribution is -2.37. The van der Waals surface area contributed by atoms with Crippen molar-refractivity contribution >= 4 is 11.6 Å². The van der Waals surface area contributed by atoms with E-state index in [0.29, 0.717) is 43.6 Å². The van der Waals surface area contributed by atoms with Gasteiger partial charge >= 0.3 is 0 Å². The van der Waals surface area contributed by atoms with Crippen molar-refractivity contribution in [3.63, 3.8) is 0 Å². The lowest BCUT2D eigenvalue weighted by atomic mass is 9.99. The van der Waals surface area contributed by atoms with Crippen molar-refractivity contribution in [2.45, 2.75) is 32.7 Å². The summed E-state index contributed by atoms with van der Waals surface area (Å²) >= 11 is 0. The van der Waals surface area contributed by atoms with Crippen molar-refractivity contribution in [3.05, 3.63) is 18.0 Å². The van der Waals surface area contributed by atoms with Crippen LogP contribution in [0.15, 0.2) is 17.3 Å². The molecule has 0 saturated carbocycles. The quantitative estimate of drug-likeness (QED) is 0.584. The number of aromatic hydroxyl groups is 1. The number of ketones is 1. The van der Waals surface area contributed by atoms with Crippen LogP contribution < -0.4 is 4.74 Å². The fraction of sp³-hybridized carbons (Fsp3) is 0.632. The van der Waals surface area contributed by atoms with Crippen molar-refractivity contribution in [3.8, 4) is 11.5 Å².